The van der Waals surface area contributed by atoms with Gasteiger partial charge in [0.2, 0.25) is 0 Å². The molecule has 9 nitrogen and oxygen atoms in total. The van der Waals surface area contributed by atoms with Crippen molar-refractivity contribution in [2.45, 2.75) is 444 Å². The number of nitrogens with zero attached hydrogens (tertiary/aromatic N) is 1. The smallest absolute Gasteiger partial charge is 0.462 e. The third kappa shape index (κ3) is 80.9. The molecule has 566 valence electrons. The molecule has 0 amide bonds. The van der Waals surface area contributed by atoms with E-state index in [1.807, 2.05) is 21.1 Å². The molecule has 0 aromatic carbocycles. The zero-order valence-corrected chi connectivity index (χ0v) is 65.8. The first-order valence-corrected chi connectivity index (χ1v) is 43.9. The molecule has 0 heterocycles. The molecule has 2 unspecified atom stereocenters. The number of carbonyl (C=O) groups excluding carboxylic acids is 2. The predicted octanol–water partition coefficient (Wildman–Crippen LogP) is 28.3. The van der Waals surface area contributed by atoms with E-state index in [1.54, 1.807) is 0 Å². The van der Waals surface area contributed by atoms with Crippen molar-refractivity contribution in [3.05, 3.63) is 48.6 Å². The molecule has 0 bridgehead atoms. The Morgan fingerprint density at radius 2 is 0.594 bits per heavy atom. The van der Waals surface area contributed by atoms with Crippen LogP contribution in [0.5, 0.6) is 0 Å². The van der Waals surface area contributed by atoms with Crippen molar-refractivity contribution in [2.75, 3.05) is 47.5 Å². The number of esters is 2. The topological polar surface area (TPSA) is 108 Å². The lowest BCUT2D eigenvalue weighted by molar-refractivity contribution is -0.870. The monoisotopic (exact) mass is 1370 g/mol. The van der Waals surface area contributed by atoms with E-state index in [0.29, 0.717) is 17.4 Å². The molecular weight excluding hydrogens is 1210 g/mol. The van der Waals surface area contributed by atoms with Gasteiger partial charge in [0.1, 0.15) is 19.8 Å². The molecule has 0 aliphatic carbocycles. The summed E-state index contributed by atoms with van der Waals surface area (Å²) in [5.74, 6) is -0.768. The number of carbonyl (C=O) groups is 2. The van der Waals surface area contributed by atoms with Gasteiger partial charge in [0.05, 0.1) is 27.7 Å². The summed E-state index contributed by atoms with van der Waals surface area (Å²) in [5, 5.41) is 0. The average Bonchev–Trinajstić information content (AvgIpc) is 2.54. The van der Waals surface area contributed by atoms with E-state index in [9.17, 15) is 19.0 Å². The van der Waals surface area contributed by atoms with Gasteiger partial charge in [0.25, 0.3) is 0 Å². The predicted molar refractivity (Wildman–Crippen MR) is 418 cm³/mol. The van der Waals surface area contributed by atoms with Crippen molar-refractivity contribution in [1.82, 2.24) is 0 Å². The van der Waals surface area contributed by atoms with Crippen LogP contribution in [0.15, 0.2) is 48.6 Å². The quantitative estimate of drug-likeness (QED) is 0.0211. The van der Waals surface area contributed by atoms with E-state index in [4.69, 9.17) is 18.5 Å². The number of likely N-dealkylation sites (N-methyl/N-ethyl adjacent to an activating group) is 1. The maximum absolute atomic E-state index is 12.9. The summed E-state index contributed by atoms with van der Waals surface area (Å²) in [6.07, 6.45) is 103. The molecule has 0 aromatic heterocycles. The second-order valence-electron chi connectivity index (χ2n) is 30.2. The minimum atomic E-state index is -4.39. The number of rotatable bonds is 80. The van der Waals surface area contributed by atoms with Crippen molar-refractivity contribution in [3.63, 3.8) is 0 Å². The number of unbranched alkanes of at least 4 members (excludes halogenated alkanes) is 58. The van der Waals surface area contributed by atoms with Crippen molar-refractivity contribution >= 4 is 19.8 Å². The summed E-state index contributed by atoms with van der Waals surface area (Å²) in [6, 6.07) is 0. The van der Waals surface area contributed by atoms with Crippen LogP contribution in [0.3, 0.4) is 0 Å². The molecule has 0 radical (unpaired) electrons. The molecule has 0 saturated carbocycles. The molecule has 0 aromatic rings. The van der Waals surface area contributed by atoms with Gasteiger partial charge in [-0.2, -0.15) is 0 Å². The van der Waals surface area contributed by atoms with Gasteiger partial charge >= 0.3 is 19.8 Å². The van der Waals surface area contributed by atoms with E-state index in [1.165, 1.54) is 347 Å². The van der Waals surface area contributed by atoms with Crippen molar-refractivity contribution < 1.29 is 42.1 Å². The summed E-state index contributed by atoms with van der Waals surface area (Å²) in [5.41, 5.74) is 0. The zero-order chi connectivity index (χ0) is 69.7. The van der Waals surface area contributed by atoms with Gasteiger partial charge in [-0.1, -0.05) is 422 Å². The highest BCUT2D eigenvalue weighted by Gasteiger charge is 2.27. The second kappa shape index (κ2) is 77.1. The van der Waals surface area contributed by atoms with Crippen LogP contribution in [0.1, 0.15) is 438 Å². The molecule has 0 spiro atoms. The Morgan fingerprint density at radius 3 is 0.885 bits per heavy atom. The Bertz CT molecular complexity index is 1760. The Hall–Kier alpha value is -2.03. The minimum Gasteiger partial charge on any atom is -0.462 e. The number of phosphoric acid groups is 1. The van der Waals surface area contributed by atoms with Crippen molar-refractivity contribution in [2.24, 2.45) is 0 Å². The molecule has 1 N–H and O–H groups in total. The van der Waals surface area contributed by atoms with Gasteiger partial charge in [0.15, 0.2) is 6.10 Å². The van der Waals surface area contributed by atoms with Gasteiger partial charge in [-0.3, -0.25) is 18.6 Å². The van der Waals surface area contributed by atoms with Crippen LogP contribution in [0.25, 0.3) is 0 Å². The number of ether oxygens (including phenoxy) is 2. The van der Waals surface area contributed by atoms with Crippen LogP contribution < -0.4 is 0 Å². The molecular formula is C86H165NO8P+. The summed E-state index contributed by atoms with van der Waals surface area (Å²) in [6.45, 7) is 4.41. The van der Waals surface area contributed by atoms with Gasteiger partial charge < -0.3 is 18.9 Å². The lowest BCUT2D eigenvalue weighted by Gasteiger charge is -2.24. The first kappa shape index (κ1) is 94.0. The first-order chi connectivity index (χ1) is 47.0. The number of quaternary nitrogens is 1. The maximum Gasteiger partial charge on any atom is 0.472 e. The fraction of sp³-hybridized carbons (Fsp3) is 0.884. The SMILES string of the molecule is CC/C=C\C/C=C\C/C=C\C/C=C\CCCCCCCCCCCCCCCCCCCCCCCCCCCCCCC(=O)OC(COC(=O)CCCCCCCCCCCCCCCCCCCCCCCCCCCCCCCCC)COP(=O)(O)OCC[N+](C)(C)C. The van der Waals surface area contributed by atoms with Crippen molar-refractivity contribution in [1.29, 1.82) is 0 Å². The molecule has 0 fully saturated rings. The Kier molecular flexibility index (Phi) is 75.5. The van der Waals surface area contributed by atoms with E-state index in [0.717, 1.165) is 64.2 Å². The average molecular weight is 1370 g/mol. The minimum absolute atomic E-state index is 0.0358. The fourth-order valence-corrected chi connectivity index (χ4v) is 13.7. The van der Waals surface area contributed by atoms with Crippen LogP contribution >= 0.6 is 7.82 Å². The van der Waals surface area contributed by atoms with Crippen LogP contribution in [0, 0.1) is 0 Å². The molecule has 10 heteroatoms. The normalized spacial score (nSPS) is 13.2. The fourth-order valence-electron chi connectivity index (χ4n) is 13.0. The third-order valence-corrected chi connectivity index (χ3v) is 20.4. The highest BCUT2D eigenvalue weighted by Crippen LogP contribution is 2.43. The van der Waals surface area contributed by atoms with Gasteiger partial charge in [-0.25, -0.2) is 4.57 Å². The Labute approximate surface area is 598 Å². The lowest BCUT2D eigenvalue weighted by atomic mass is 10.0. The summed E-state index contributed by atoms with van der Waals surface area (Å²) >= 11 is 0. The molecule has 96 heavy (non-hydrogen) atoms. The first-order valence-electron chi connectivity index (χ1n) is 42.4. The number of phosphoric ester groups is 1. The summed E-state index contributed by atoms with van der Waals surface area (Å²) in [7, 11) is 1.51. The number of hydrogen-bond acceptors (Lipinski definition) is 7. The molecule has 0 rings (SSSR count). The van der Waals surface area contributed by atoms with Crippen LogP contribution in [-0.2, 0) is 32.7 Å². The van der Waals surface area contributed by atoms with Crippen molar-refractivity contribution in [3.8, 4) is 0 Å². The van der Waals surface area contributed by atoms with Gasteiger partial charge in [-0.05, 0) is 51.4 Å². The largest absolute Gasteiger partial charge is 0.472 e. The third-order valence-electron chi connectivity index (χ3n) is 19.4. The van der Waals surface area contributed by atoms with Gasteiger partial charge in [-0.15, -0.1) is 0 Å². The summed E-state index contributed by atoms with van der Waals surface area (Å²) in [4.78, 5) is 36.0. The molecule has 2 atom stereocenters. The highest BCUT2D eigenvalue weighted by atomic mass is 31.2. The standard InChI is InChI=1S/C86H164NO8P/c1-6-8-10-12-14-16-18-20-22-24-26-28-30-32-34-36-38-39-40-41-42-43-44-45-46-47-49-51-53-55-57-59-61-63-65-67-69-71-73-75-77-79-86(89)95-84(83-94-96(90,91)93-81-80-87(3,4)5)82-92-85(88)78-76-74-72-70-68-66-64-62-60-58-56-54-52-50-48-37-35-33-31-29-27-25-23-21-19-17-15-13-11-9-7-2/h8,10,14,16,20,22,26,28,84H,6-7,9,11-13,15,17-19,21,23-25,27,29-83H2,1-5H3/p+1/b10-8-,16-14-,22-20-,28-26-. The number of hydrogen-bond donors (Lipinski definition) is 1. The van der Waals surface area contributed by atoms with Crippen LogP contribution in [0.2, 0.25) is 0 Å². The zero-order valence-electron chi connectivity index (χ0n) is 64.9. The van der Waals surface area contributed by atoms with Crippen LogP contribution in [0.4, 0.5) is 0 Å². The Balaban J connectivity index is 3.85. The van der Waals surface area contributed by atoms with E-state index in [2.05, 4.69) is 62.5 Å². The Morgan fingerprint density at radius 1 is 0.333 bits per heavy atom. The summed E-state index contributed by atoms with van der Waals surface area (Å²) < 4.78 is 34.9. The molecule has 0 aliphatic rings. The van der Waals surface area contributed by atoms with E-state index in [-0.39, 0.29) is 25.6 Å². The highest BCUT2D eigenvalue weighted by molar-refractivity contribution is 7.47. The molecule has 0 aliphatic heterocycles. The number of allylic oxidation sites excluding steroid dienone is 8. The van der Waals surface area contributed by atoms with Gasteiger partial charge in [0, 0.05) is 12.8 Å². The van der Waals surface area contributed by atoms with E-state index < -0.39 is 26.5 Å². The maximum atomic E-state index is 12.9. The lowest BCUT2D eigenvalue weighted by Crippen LogP contribution is -2.37. The van der Waals surface area contributed by atoms with Crippen LogP contribution in [-0.4, -0.2) is 74.9 Å². The van der Waals surface area contributed by atoms with E-state index >= 15 is 0 Å². The second-order valence-corrected chi connectivity index (χ2v) is 31.7. The molecule has 0 saturated heterocycles.